The van der Waals surface area contributed by atoms with Gasteiger partial charge in [-0.15, -0.1) is 6.58 Å². The van der Waals surface area contributed by atoms with Crippen LogP contribution in [-0.2, 0) is 16.6 Å². The molecule has 0 spiro atoms. The van der Waals surface area contributed by atoms with Gasteiger partial charge in [-0.05, 0) is 30.2 Å². The van der Waals surface area contributed by atoms with E-state index in [1.54, 1.807) is 6.08 Å². The maximum atomic E-state index is 12.4. The fourth-order valence-electron chi connectivity index (χ4n) is 1.68. The van der Waals surface area contributed by atoms with Crippen LogP contribution in [0.4, 0.5) is 0 Å². The van der Waals surface area contributed by atoms with Crippen molar-refractivity contribution in [3.8, 4) is 0 Å². The standard InChI is InChI=1S/C13H18ClNO3S/c1-3-7-15(8-4-2)19(17,18)12-5-6-13(14)11(9-12)10-16/h3,5-6,9,16H,1,4,7-8,10H2,2H3. The number of nitrogens with zero attached hydrogens (tertiary/aromatic N) is 1. The maximum absolute atomic E-state index is 12.4. The smallest absolute Gasteiger partial charge is 0.243 e. The highest BCUT2D eigenvalue weighted by atomic mass is 35.5. The van der Waals surface area contributed by atoms with Gasteiger partial charge in [0.25, 0.3) is 0 Å². The van der Waals surface area contributed by atoms with E-state index in [1.165, 1.54) is 22.5 Å². The summed E-state index contributed by atoms with van der Waals surface area (Å²) in [5.74, 6) is 0. The Morgan fingerprint density at radius 2 is 2.16 bits per heavy atom. The third-order valence-electron chi connectivity index (χ3n) is 2.63. The van der Waals surface area contributed by atoms with Gasteiger partial charge in [0.2, 0.25) is 10.0 Å². The average Bonchev–Trinajstić information content (AvgIpc) is 2.38. The van der Waals surface area contributed by atoms with Crippen LogP contribution in [0.15, 0.2) is 35.7 Å². The Kier molecular flexibility index (Phi) is 6.00. The van der Waals surface area contributed by atoms with E-state index in [2.05, 4.69) is 6.58 Å². The molecule has 0 fully saturated rings. The Morgan fingerprint density at radius 1 is 1.47 bits per heavy atom. The summed E-state index contributed by atoms with van der Waals surface area (Å²) in [5.41, 5.74) is 0.401. The average molecular weight is 304 g/mol. The lowest BCUT2D eigenvalue weighted by Crippen LogP contribution is -2.32. The van der Waals surface area contributed by atoms with E-state index in [1.807, 2.05) is 6.92 Å². The van der Waals surface area contributed by atoms with Crippen LogP contribution in [0.3, 0.4) is 0 Å². The predicted octanol–water partition coefficient (Wildman–Crippen LogP) is 2.42. The van der Waals surface area contributed by atoms with Crippen LogP contribution in [0.25, 0.3) is 0 Å². The fourth-order valence-corrected chi connectivity index (χ4v) is 3.42. The predicted molar refractivity (Wildman–Crippen MR) is 76.6 cm³/mol. The molecule has 0 radical (unpaired) electrons. The molecule has 1 aromatic rings. The molecule has 1 N–H and O–H groups in total. The lowest BCUT2D eigenvalue weighted by Gasteiger charge is -2.20. The van der Waals surface area contributed by atoms with Gasteiger partial charge in [0.15, 0.2) is 0 Å². The molecule has 0 saturated heterocycles. The summed E-state index contributed by atoms with van der Waals surface area (Å²) in [6, 6.07) is 4.34. The molecule has 0 saturated carbocycles. The van der Waals surface area contributed by atoms with Crippen molar-refractivity contribution in [3.05, 3.63) is 41.4 Å². The third kappa shape index (κ3) is 3.79. The van der Waals surface area contributed by atoms with E-state index in [4.69, 9.17) is 16.7 Å². The van der Waals surface area contributed by atoms with Crippen molar-refractivity contribution >= 4 is 21.6 Å². The van der Waals surface area contributed by atoms with Crippen LogP contribution in [-0.4, -0.2) is 30.9 Å². The molecular formula is C13H18ClNO3S. The molecule has 0 heterocycles. The molecule has 1 rings (SSSR count). The second-order valence-corrected chi connectivity index (χ2v) is 6.41. The van der Waals surface area contributed by atoms with E-state index in [9.17, 15) is 8.42 Å². The quantitative estimate of drug-likeness (QED) is 0.787. The van der Waals surface area contributed by atoms with Crippen molar-refractivity contribution in [1.29, 1.82) is 0 Å². The number of aliphatic hydroxyl groups is 1. The van der Waals surface area contributed by atoms with E-state index >= 15 is 0 Å². The van der Waals surface area contributed by atoms with Crippen LogP contribution in [0.5, 0.6) is 0 Å². The van der Waals surface area contributed by atoms with Crippen molar-refractivity contribution in [2.75, 3.05) is 13.1 Å². The first-order valence-corrected chi connectivity index (χ1v) is 7.79. The van der Waals surface area contributed by atoms with Gasteiger partial charge in [-0.2, -0.15) is 4.31 Å². The van der Waals surface area contributed by atoms with E-state index in [0.717, 1.165) is 0 Å². The zero-order valence-corrected chi connectivity index (χ0v) is 12.4. The minimum absolute atomic E-state index is 0.135. The van der Waals surface area contributed by atoms with Crippen LogP contribution < -0.4 is 0 Å². The highest BCUT2D eigenvalue weighted by Gasteiger charge is 2.23. The molecular weight excluding hydrogens is 286 g/mol. The Morgan fingerprint density at radius 3 is 2.68 bits per heavy atom. The molecule has 0 unspecified atom stereocenters. The van der Waals surface area contributed by atoms with Crippen LogP contribution in [0, 0.1) is 0 Å². The second-order valence-electron chi connectivity index (χ2n) is 4.06. The van der Waals surface area contributed by atoms with Crippen molar-refractivity contribution in [2.24, 2.45) is 0 Å². The summed E-state index contributed by atoms with van der Waals surface area (Å²) >= 11 is 5.86. The van der Waals surface area contributed by atoms with Crippen molar-refractivity contribution in [1.82, 2.24) is 4.31 Å². The molecule has 0 aliphatic rings. The Labute approximate surface area is 119 Å². The lowest BCUT2D eigenvalue weighted by atomic mass is 10.2. The highest BCUT2D eigenvalue weighted by Crippen LogP contribution is 2.23. The lowest BCUT2D eigenvalue weighted by molar-refractivity contribution is 0.281. The molecule has 6 heteroatoms. The molecule has 1 aromatic carbocycles. The fraction of sp³-hybridized carbons (Fsp3) is 0.385. The Bertz CT molecular complexity index is 543. The number of hydrogen-bond acceptors (Lipinski definition) is 3. The normalized spacial score (nSPS) is 11.8. The van der Waals surface area contributed by atoms with Gasteiger partial charge in [0.05, 0.1) is 11.5 Å². The van der Waals surface area contributed by atoms with Gasteiger partial charge in [0.1, 0.15) is 0 Å². The molecule has 0 aromatic heterocycles. The summed E-state index contributed by atoms with van der Waals surface area (Å²) in [4.78, 5) is 0.135. The van der Waals surface area contributed by atoms with Crippen LogP contribution >= 0.6 is 11.6 Å². The first-order valence-electron chi connectivity index (χ1n) is 5.97. The van der Waals surface area contributed by atoms with Crippen molar-refractivity contribution in [2.45, 2.75) is 24.8 Å². The second kappa shape index (κ2) is 7.05. The molecule has 19 heavy (non-hydrogen) atoms. The third-order valence-corrected chi connectivity index (χ3v) is 4.86. The van der Waals surface area contributed by atoms with Crippen LogP contribution in [0.2, 0.25) is 5.02 Å². The molecule has 0 bridgehead atoms. The van der Waals surface area contributed by atoms with Crippen molar-refractivity contribution in [3.63, 3.8) is 0 Å². The number of rotatable bonds is 7. The summed E-state index contributed by atoms with van der Waals surface area (Å²) < 4.78 is 26.2. The SMILES string of the molecule is C=CCN(CCC)S(=O)(=O)c1ccc(Cl)c(CO)c1. The number of hydrogen-bond donors (Lipinski definition) is 1. The first kappa shape index (κ1) is 16.2. The number of aliphatic hydroxyl groups excluding tert-OH is 1. The molecule has 0 atom stereocenters. The summed E-state index contributed by atoms with van der Waals surface area (Å²) in [5, 5.41) is 9.50. The zero-order chi connectivity index (χ0) is 14.5. The minimum Gasteiger partial charge on any atom is -0.392 e. The minimum atomic E-state index is -3.58. The van der Waals surface area contributed by atoms with Gasteiger partial charge < -0.3 is 5.11 Å². The van der Waals surface area contributed by atoms with E-state index in [-0.39, 0.29) is 18.0 Å². The first-order chi connectivity index (χ1) is 8.97. The summed E-state index contributed by atoms with van der Waals surface area (Å²) in [6.45, 7) is 5.86. The Hall–Kier alpha value is -0.880. The van der Waals surface area contributed by atoms with Gasteiger partial charge in [-0.25, -0.2) is 8.42 Å². The zero-order valence-electron chi connectivity index (χ0n) is 10.8. The van der Waals surface area contributed by atoms with Crippen LogP contribution in [0.1, 0.15) is 18.9 Å². The number of sulfonamides is 1. The van der Waals surface area contributed by atoms with Gasteiger partial charge in [0, 0.05) is 18.1 Å². The van der Waals surface area contributed by atoms with E-state index < -0.39 is 10.0 Å². The van der Waals surface area contributed by atoms with Gasteiger partial charge in [-0.1, -0.05) is 24.6 Å². The van der Waals surface area contributed by atoms with Crippen molar-refractivity contribution < 1.29 is 13.5 Å². The topological polar surface area (TPSA) is 57.6 Å². The summed E-state index contributed by atoms with van der Waals surface area (Å²) in [7, 11) is -3.58. The molecule has 0 amide bonds. The van der Waals surface area contributed by atoms with E-state index in [0.29, 0.717) is 23.6 Å². The highest BCUT2D eigenvalue weighted by molar-refractivity contribution is 7.89. The number of halogens is 1. The summed E-state index contributed by atoms with van der Waals surface area (Å²) in [6.07, 6.45) is 2.27. The monoisotopic (exact) mass is 303 g/mol. The maximum Gasteiger partial charge on any atom is 0.243 e. The molecule has 106 valence electrons. The van der Waals surface area contributed by atoms with Gasteiger partial charge in [-0.3, -0.25) is 0 Å². The molecule has 0 aliphatic heterocycles. The molecule has 4 nitrogen and oxygen atoms in total. The Balaban J connectivity index is 3.20. The largest absolute Gasteiger partial charge is 0.392 e. The molecule has 0 aliphatic carbocycles. The number of benzene rings is 1. The van der Waals surface area contributed by atoms with Gasteiger partial charge >= 0.3 is 0 Å².